The summed E-state index contributed by atoms with van der Waals surface area (Å²) in [6, 6.07) is 43.4. The number of rotatable bonds is 3. The fourth-order valence-electron chi connectivity index (χ4n) is 8.76. The Morgan fingerprint density at radius 1 is 0.686 bits per heavy atom. The molecule has 2 heterocycles. The number of hydrogen-bond donors (Lipinski definition) is 0. The molecule has 0 saturated carbocycles. The van der Waals surface area contributed by atoms with Gasteiger partial charge in [-0.3, -0.25) is 4.57 Å². The third-order valence-corrected chi connectivity index (χ3v) is 13.0. The molecule has 0 atom stereocenters. The largest absolute Gasteiger partial charge is 0.294 e. The third-order valence-electron chi connectivity index (χ3n) is 11.1. The minimum atomic E-state index is -3.74. The van der Waals surface area contributed by atoms with Crippen molar-refractivity contribution >= 4 is 42.4 Å². The quantitative estimate of drug-likeness (QED) is 0.174. The van der Waals surface area contributed by atoms with Crippen molar-refractivity contribution < 1.29 is 8.42 Å². The monoisotopic (exact) mass is 677 g/mol. The highest BCUT2D eigenvalue weighted by molar-refractivity contribution is 7.92. The molecule has 6 heteroatoms. The normalized spacial score (nSPS) is 14.7. The van der Waals surface area contributed by atoms with Crippen molar-refractivity contribution in [2.75, 3.05) is 0 Å². The molecule has 0 unspecified atom stereocenters. The number of fused-ring (bicyclic) bond motifs is 7. The van der Waals surface area contributed by atoms with E-state index < -0.39 is 9.84 Å². The summed E-state index contributed by atoms with van der Waals surface area (Å²) in [6.07, 6.45) is 0.667. The Morgan fingerprint density at radius 3 is 1.90 bits per heavy atom. The lowest BCUT2D eigenvalue weighted by Gasteiger charge is -2.24. The van der Waals surface area contributed by atoms with Crippen LogP contribution in [0, 0.1) is 11.3 Å². The molecule has 0 bridgehead atoms. The van der Waals surface area contributed by atoms with Crippen LogP contribution in [-0.4, -0.2) is 18.0 Å². The average molecular weight is 678 g/mol. The molecular formula is C45H31N3O2S. The molecule has 8 aromatic rings. The third kappa shape index (κ3) is 3.90. The van der Waals surface area contributed by atoms with E-state index in [0.29, 0.717) is 38.5 Å². The summed E-state index contributed by atoms with van der Waals surface area (Å²) in [6.45, 7) is 6.54. The molecule has 2 aliphatic rings. The molecule has 0 saturated heterocycles. The van der Waals surface area contributed by atoms with E-state index in [1.165, 1.54) is 22.3 Å². The van der Waals surface area contributed by atoms with E-state index in [0.717, 1.165) is 49.6 Å². The fourth-order valence-corrected chi connectivity index (χ4v) is 10.4. The van der Waals surface area contributed by atoms with Gasteiger partial charge in [0.1, 0.15) is 5.82 Å². The first-order valence-corrected chi connectivity index (χ1v) is 18.7. The molecule has 1 aliphatic carbocycles. The van der Waals surface area contributed by atoms with Gasteiger partial charge in [-0.25, -0.2) is 13.4 Å². The Hall–Kier alpha value is -6.03. The standard InChI is InChI=1S/C45H31N3O2S/c1-4-41-47-37-14-9-15-40-44(37)48(41)38-24-28(18-21-39(38)51(40,49)50)43-33-12-7-5-10-31(33)42(32-11-6-8-13-34(32)43)27-17-20-30-29-19-16-26(25-46)22-35(29)45(2,3)36(30)23-27/h5-24H,4H2,1-3H3. The van der Waals surface area contributed by atoms with Crippen molar-refractivity contribution in [1.82, 2.24) is 9.55 Å². The van der Waals surface area contributed by atoms with E-state index in [2.05, 4.69) is 99.6 Å². The summed E-state index contributed by atoms with van der Waals surface area (Å²) in [7, 11) is -3.74. The predicted molar refractivity (Wildman–Crippen MR) is 204 cm³/mol. The molecular weight excluding hydrogens is 647 g/mol. The number of aryl methyl sites for hydroxylation is 1. The highest BCUT2D eigenvalue weighted by Crippen LogP contribution is 2.52. The predicted octanol–water partition coefficient (Wildman–Crippen LogP) is 10.6. The number of benzene rings is 7. The van der Waals surface area contributed by atoms with E-state index in [9.17, 15) is 13.7 Å². The van der Waals surface area contributed by atoms with E-state index >= 15 is 0 Å². The van der Waals surface area contributed by atoms with Gasteiger partial charge >= 0.3 is 0 Å². The van der Waals surface area contributed by atoms with Crippen LogP contribution in [0.25, 0.3) is 71.6 Å². The zero-order valence-corrected chi connectivity index (χ0v) is 29.1. The van der Waals surface area contributed by atoms with Gasteiger partial charge in [0.2, 0.25) is 9.84 Å². The van der Waals surface area contributed by atoms with Gasteiger partial charge in [0, 0.05) is 11.8 Å². The summed E-state index contributed by atoms with van der Waals surface area (Å²) in [4.78, 5) is 5.46. The number of nitriles is 1. The number of para-hydroxylation sites is 1. The Labute approximate surface area is 296 Å². The van der Waals surface area contributed by atoms with Gasteiger partial charge in [0.25, 0.3) is 0 Å². The van der Waals surface area contributed by atoms with Gasteiger partial charge in [-0.1, -0.05) is 99.6 Å². The van der Waals surface area contributed by atoms with Crippen LogP contribution in [0.2, 0.25) is 0 Å². The summed E-state index contributed by atoms with van der Waals surface area (Å²) in [5, 5.41) is 14.1. The van der Waals surface area contributed by atoms with Gasteiger partial charge in [-0.05, 0) is 109 Å². The first kappa shape index (κ1) is 29.8. The van der Waals surface area contributed by atoms with Crippen LogP contribution < -0.4 is 0 Å². The minimum Gasteiger partial charge on any atom is -0.294 e. The first-order chi connectivity index (χ1) is 24.7. The van der Waals surface area contributed by atoms with E-state index in [4.69, 9.17) is 4.98 Å². The number of hydrogen-bond acceptors (Lipinski definition) is 4. The van der Waals surface area contributed by atoms with Crippen LogP contribution in [-0.2, 0) is 21.7 Å². The molecule has 51 heavy (non-hydrogen) atoms. The number of imidazole rings is 1. The van der Waals surface area contributed by atoms with Crippen molar-refractivity contribution in [1.29, 1.82) is 5.26 Å². The summed E-state index contributed by atoms with van der Waals surface area (Å²) >= 11 is 0. The highest BCUT2D eigenvalue weighted by Gasteiger charge is 2.37. The van der Waals surface area contributed by atoms with Crippen molar-refractivity contribution in [2.24, 2.45) is 0 Å². The lowest BCUT2D eigenvalue weighted by Crippen LogP contribution is -2.16. The first-order valence-electron chi connectivity index (χ1n) is 17.3. The molecule has 1 aromatic heterocycles. The fraction of sp³-hybridized carbons (Fsp3) is 0.111. The Kier molecular flexibility index (Phi) is 6.00. The van der Waals surface area contributed by atoms with Crippen molar-refractivity contribution in [3.8, 4) is 45.1 Å². The molecule has 5 nitrogen and oxygen atoms in total. The van der Waals surface area contributed by atoms with Crippen molar-refractivity contribution in [2.45, 2.75) is 42.4 Å². The summed E-state index contributed by atoms with van der Waals surface area (Å²) in [5.41, 5.74) is 11.5. The van der Waals surface area contributed by atoms with E-state index in [-0.39, 0.29) is 5.41 Å². The number of sulfone groups is 1. The maximum atomic E-state index is 14.0. The van der Waals surface area contributed by atoms with Crippen LogP contribution in [0.3, 0.4) is 0 Å². The van der Waals surface area contributed by atoms with Gasteiger partial charge in [0.15, 0.2) is 0 Å². The van der Waals surface area contributed by atoms with E-state index in [1.54, 1.807) is 18.2 Å². The van der Waals surface area contributed by atoms with Crippen molar-refractivity contribution in [3.05, 3.63) is 144 Å². The summed E-state index contributed by atoms with van der Waals surface area (Å²) < 4.78 is 30.1. The van der Waals surface area contributed by atoms with Gasteiger partial charge in [0.05, 0.1) is 38.1 Å². The molecule has 7 aromatic carbocycles. The topological polar surface area (TPSA) is 75.8 Å². The van der Waals surface area contributed by atoms with Gasteiger partial charge < -0.3 is 0 Å². The number of aromatic nitrogens is 2. The maximum absolute atomic E-state index is 14.0. The second kappa shape index (κ2) is 10.3. The lowest BCUT2D eigenvalue weighted by atomic mass is 9.80. The number of nitrogens with zero attached hydrogens (tertiary/aromatic N) is 3. The smallest absolute Gasteiger partial charge is 0.210 e. The van der Waals surface area contributed by atoms with Crippen LogP contribution >= 0.6 is 0 Å². The van der Waals surface area contributed by atoms with Crippen molar-refractivity contribution in [3.63, 3.8) is 0 Å². The maximum Gasteiger partial charge on any atom is 0.210 e. The molecule has 244 valence electrons. The average Bonchev–Trinajstić information content (AvgIpc) is 3.64. The molecule has 0 fully saturated rings. The van der Waals surface area contributed by atoms with Crippen LogP contribution in [0.4, 0.5) is 0 Å². The molecule has 0 amide bonds. The molecule has 0 N–H and O–H groups in total. The van der Waals surface area contributed by atoms with Crippen LogP contribution in [0.15, 0.2) is 131 Å². The second-order valence-corrected chi connectivity index (χ2v) is 16.0. The highest BCUT2D eigenvalue weighted by atomic mass is 32.2. The Balaban J connectivity index is 1.24. The van der Waals surface area contributed by atoms with E-state index in [1.807, 2.05) is 34.9 Å². The molecule has 0 spiro atoms. The zero-order valence-electron chi connectivity index (χ0n) is 28.3. The molecule has 0 radical (unpaired) electrons. The van der Waals surface area contributed by atoms with Gasteiger partial charge in [-0.2, -0.15) is 5.26 Å². The van der Waals surface area contributed by atoms with Gasteiger partial charge in [-0.15, -0.1) is 0 Å². The van der Waals surface area contributed by atoms with Crippen LogP contribution in [0.1, 0.15) is 43.3 Å². The SMILES string of the molecule is CCc1nc2cccc3c2n1-c1cc(-c2c4ccccc4c(-c4ccc5c(c4)C(C)(C)c4cc(C#N)ccc4-5)c4ccccc24)ccc1S3(=O)=O. The molecule has 10 rings (SSSR count). The Bertz CT molecular complexity index is 2960. The molecule has 1 aliphatic heterocycles. The summed E-state index contributed by atoms with van der Waals surface area (Å²) in [5.74, 6) is 0.835. The second-order valence-electron chi connectivity index (χ2n) is 14.1. The van der Waals surface area contributed by atoms with Crippen LogP contribution in [0.5, 0.6) is 0 Å². The zero-order chi connectivity index (χ0) is 34.8. The lowest BCUT2D eigenvalue weighted by molar-refractivity contribution is 0.594. The minimum absolute atomic E-state index is 0.267. The Morgan fingerprint density at radius 2 is 1.27 bits per heavy atom.